The predicted molar refractivity (Wildman–Crippen MR) is 69.8 cm³/mol. The Morgan fingerprint density at radius 2 is 1.87 bits per heavy atom. The summed E-state index contributed by atoms with van der Waals surface area (Å²) in [5.74, 6) is 0. The van der Waals surface area contributed by atoms with Gasteiger partial charge in [0, 0.05) is 0 Å². The molecule has 1 rings (SSSR count). The molecular formula is C12H22O11. The molecule has 136 valence electrons. The highest BCUT2D eigenvalue weighted by Gasteiger charge is 2.46. The van der Waals surface area contributed by atoms with Gasteiger partial charge in [0.25, 0.3) is 0 Å². The first kappa shape index (κ1) is 14.6. The Kier molecular flexibility index (Phi) is 5.67. The normalized spacial score (nSPS) is 42.1. The lowest BCUT2D eigenvalue weighted by Gasteiger charge is -2.42. The van der Waals surface area contributed by atoms with Crippen LogP contribution in [0.1, 0.15) is 2.74 Å². The van der Waals surface area contributed by atoms with E-state index >= 15 is 0 Å². The summed E-state index contributed by atoms with van der Waals surface area (Å²) in [5, 5.41) is 66.7. The molecule has 0 aromatic rings. The fourth-order valence-electron chi connectivity index (χ4n) is 1.97. The first-order valence-corrected chi connectivity index (χ1v) is 6.53. The SMILES string of the molecule is [2H]OC([2H])[C@@H](O)[C@H](O[C@H]1O[C@H](C([2H])O[2H])[C@H](O)[C@H](O)[C@H]1O)[C@H](O)[C@@H](O)C=O. The number of carbonyl (C=O) groups is 1. The van der Waals surface area contributed by atoms with Crippen molar-refractivity contribution in [3.63, 3.8) is 0 Å². The molecule has 11 heteroatoms. The minimum Gasteiger partial charge on any atom is -0.394 e. The number of rotatable bonds is 10. The summed E-state index contributed by atoms with van der Waals surface area (Å²) in [4.78, 5) is 10.7. The molecule has 0 saturated carbocycles. The van der Waals surface area contributed by atoms with Crippen LogP contribution >= 0.6 is 0 Å². The molecule has 0 aliphatic carbocycles. The number of aliphatic hydroxyl groups is 8. The van der Waals surface area contributed by atoms with Crippen molar-refractivity contribution in [1.82, 2.24) is 0 Å². The minimum atomic E-state index is -2.17. The number of aliphatic hydroxyl groups excluding tert-OH is 8. The van der Waals surface area contributed by atoms with Gasteiger partial charge in [-0.15, -0.1) is 0 Å². The third-order valence-electron chi connectivity index (χ3n) is 3.33. The van der Waals surface area contributed by atoms with Crippen molar-refractivity contribution in [2.75, 3.05) is 13.2 Å². The van der Waals surface area contributed by atoms with E-state index in [1.165, 1.54) is 0 Å². The standard InChI is InChI=1S/C12H22O11/c13-1-4(16)7(18)11(5(17)2-14)23-12-10(21)9(20)8(19)6(3-15)22-12/h1,4-12,14-21H,2-3H2/t4-,5+,6+,7+,8-,9-,10+,11-,12+/m0/s1/i2D,3D,14D,15D/t2?,3?,4-,5+,6+,7+,8-,9-,10+,11-,12+. The molecule has 2 unspecified atom stereocenters. The van der Waals surface area contributed by atoms with Crippen molar-refractivity contribution in [3.05, 3.63) is 0 Å². The van der Waals surface area contributed by atoms with Crippen molar-refractivity contribution >= 4 is 6.29 Å². The largest absolute Gasteiger partial charge is 0.394 e. The first-order valence-electron chi connectivity index (χ1n) is 8.50. The summed E-state index contributed by atoms with van der Waals surface area (Å²) in [6.45, 7) is -3.88. The average molecular weight is 346 g/mol. The number of ether oxygens (including phenoxy) is 2. The molecule has 0 radical (unpaired) electrons. The van der Waals surface area contributed by atoms with E-state index in [9.17, 15) is 35.4 Å². The van der Waals surface area contributed by atoms with Crippen LogP contribution < -0.4 is 0 Å². The molecule has 0 bridgehead atoms. The monoisotopic (exact) mass is 346 g/mol. The number of hydrogen-bond acceptors (Lipinski definition) is 11. The van der Waals surface area contributed by atoms with Crippen LogP contribution in [0.2, 0.25) is 0 Å². The molecule has 0 aromatic heterocycles. The molecule has 11 atom stereocenters. The van der Waals surface area contributed by atoms with E-state index in [1.54, 1.807) is 0 Å². The van der Waals surface area contributed by atoms with Gasteiger partial charge in [-0.05, 0) is 0 Å². The molecule has 1 aliphatic heterocycles. The topological polar surface area (TPSA) is 197 Å². The minimum absolute atomic E-state index is 0.110. The molecule has 1 heterocycles. The zero-order valence-corrected chi connectivity index (χ0v) is 11.7. The Morgan fingerprint density at radius 1 is 1.17 bits per heavy atom. The van der Waals surface area contributed by atoms with E-state index in [-0.39, 0.29) is 6.29 Å². The molecule has 8 N–H and O–H groups in total. The van der Waals surface area contributed by atoms with Gasteiger partial charge >= 0.3 is 0 Å². The van der Waals surface area contributed by atoms with Gasteiger partial charge in [0.05, 0.1) is 15.9 Å². The summed E-state index contributed by atoms with van der Waals surface area (Å²) in [7, 11) is 0. The van der Waals surface area contributed by atoms with Gasteiger partial charge in [-0.2, -0.15) is 0 Å². The van der Waals surface area contributed by atoms with Gasteiger partial charge in [-0.1, -0.05) is 0 Å². The van der Waals surface area contributed by atoms with Gasteiger partial charge in [0.15, 0.2) is 12.6 Å². The number of aldehydes is 1. The zero-order chi connectivity index (χ0) is 20.9. The Bertz CT molecular complexity index is 463. The Balaban J connectivity index is 3.07. The lowest BCUT2D eigenvalue weighted by Crippen LogP contribution is -2.61. The molecule has 0 aromatic carbocycles. The quantitative estimate of drug-likeness (QED) is 0.175. The summed E-state index contributed by atoms with van der Waals surface area (Å²) in [6, 6.07) is 0. The maximum Gasteiger partial charge on any atom is 0.210 e. The smallest absolute Gasteiger partial charge is 0.210 e. The van der Waals surface area contributed by atoms with Gasteiger partial charge in [0.1, 0.15) is 48.8 Å². The van der Waals surface area contributed by atoms with Gasteiger partial charge in [-0.25, -0.2) is 0 Å². The van der Waals surface area contributed by atoms with Crippen LogP contribution in [0.4, 0.5) is 0 Å². The van der Waals surface area contributed by atoms with E-state index in [2.05, 4.69) is 10.2 Å². The second-order valence-electron chi connectivity index (χ2n) is 4.92. The second kappa shape index (κ2) is 8.94. The zero-order valence-electron chi connectivity index (χ0n) is 15.7. The number of hydrogen-bond donors (Lipinski definition) is 8. The van der Waals surface area contributed by atoms with E-state index in [0.717, 1.165) is 0 Å². The fraction of sp³-hybridized carbons (Fsp3) is 0.917. The molecule has 23 heavy (non-hydrogen) atoms. The van der Waals surface area contributed by atoms with Crippen molar-refractivity contribution in [2.45, 2.75) is 55.1 Å². The highest BCUT2D eigenvalue weighted by Crippen LogP contribution is 2.24. The van der Waals surface area contributed by atoms with Gasteiger partial charge in [-0.3, -0.25) is 0 Å². The van der Waals surface area contributed by atoms with Gasteiger partial charge < -0.3 is 55.1 Å². The third kappa shape index (κ3) is 4.64. The fourth-order valence-corrected chi connectivity index (χ4v) is 1.97. The Labute approximate surface area is 136 Å². The second-order valence-corrected chi connectivity index (χ2v) is 4.92. The van der Waals surface area contributed by atoms with E-state index in [4.69, 9.17) is 15.1 Å². The van der Waals surface area contributed by atoms with Crippen LogP contribution in [-0.2, 0) is 14.3 Å². The molecule has 1 fully saturated rings. The maximum atomic E-state index is 10.7. The first-order chi connectivity index (χ1) is 12.6. The molecular weight excluding hydrogens is 320 g/mol. The van der Waals surface area contributed by atoms with E-state index in [0.29, 0.717) is 0 Å². The van der Waals surface area contributed by atoms with Crippen molar-refractivity contribution < 1.29 is 57.9 Å². The molecule has 1 aliphatic rings. The molecule has 11 nitrogen and oxygen atoms in total. The van der Waals surface area contributed by atoms with E-state index < -0.39 is 68.3 Å². The van der Waals surface area contributed by atoms with Crippen molar-refractivity contribution in [3.8, 4) is 0 Å². The molecule has 0 amide bonds. The Hall–Kier alpha value is -0.730. The van der Waals surface area contributed by atoms with E-state index in [1.807, 2.05) is 0 Å². The maximum absolute atomic E-state index is 10.7. The highest BCUT2D eigenvalue weighted by molar-refractivity contribution is 5.56. The van der Waals surface area contributed by atoms with Crippen LogP contribution in [0.15, 0.2) is 0 Å². The lowest BCUT2D eigenvalue weighted by atomic mass is 9.98. The predicted octanol–water partition coefficient (Wildman–Crippen LogP) is -5.55. The molecule has 0 spiro atoms. The van der Waals surface area contributed by atoms with Crippen LogP contribution in [0.3, 0.4) is 0 Å². The van der Waals surface area contributed by atoms with Crippen LogP contribution in [0.25, 0.3) is 0 Å². The Morgan fingerprint density at radius 3 is 2.43 bits per heavy atom. The average Bonchev–Trinajstić information content (AvgIpc) is 2.68. The van der Waals surface area contributed by atoms with Crippen LogP contribution in [0.5, 0.6) is 0 Å². The summed E-state index contributed by atoms with van der Waals surface area (Å²) in [5.41, 5.74) is 0. The highest BCUT2D eigenvalue weighted by atomic mass is 16.7. The lowest BCUT2D eigenvalue weighted by molar-refractivity contribution is -0.326. The van der Waals surface area contributed by atoms with Crippen molar-refractivity contribution in [2.24, 2.45) is 0 Å². The van der Waals surface area contributed by atoms with Crippen LogP contribution in [0, 0.1) is 0 Å². The summed E-state index contributed by atoms with van der Waals surface area (Å²) in [6.07, 6.45) is -18.0. The van der Waals surface area contributed by atoms with Crippen LogP contribution in [-0.4, -0.2) is 118 Å². The summed E-state index contributed by atoms with van der Waals surface area (Å²) >= 11 is 0. The summed E-state index contributed by atoms with van der Waals surface area (Å²) < 4.78 is 38.2. The molecule has 1 saturated heterocycles. The third-order valence-corrected chi connectivity index (χ3v) is 3.33. The number of carbonyl (C=O) groups excluding carboxylic acids is 1. The van der Waals surface area contributed by atoms with Gasteiger partial charge in [0.2, 0.25) is 2.86 Å². The van der Waals surface area contributed by atoms with Crippen molar-refractivity contribution in [1.29, 1.82) is 2.86 Å².